The zero-order valence-corrected chi connectivity index (χ0v) is 11.8. The predicted molar refractivity (Wildman–Crippen MR) is 69.8 cm³/mol. The van der Waals surface area contributed by atoms with Crippen LogP contribution in [0.25, 0.3) is 0 Å². The Bertz CT molecular complexity index is 327. The summed E-state index contributed by atoms with van der Waals surface area (Å²) in [6.45, 7) is 8.12. The van der Waals surface area contributed by atoms with Gasteiger partial charge in [-0.3, -0.25) is 4.90 Å². The lowest BCUT2D eigenvalue weighted by atomic mass is 10.2. The first-order chi connectivity index (χ1) is 8.76. The molecule has 1 fully saturated rings. The van der Waals surface area contributed by atoms with Crippen LogP contribution < -0.4 is 11.1 Å². The zero-order chi connectivity index (χ0) is 14.5. The number of nitrogens with two attached hydrogens (primary N) is 1. The van der Waals surface area contributed by atoms with Crippen LogP contribution >= 0.6 is 0 Å². The molecule has 0 aliphatic carbocycles. The second-order valence-corrected chi connectivity index (χ2v) is 5.58. The molecule has 110 valence electrons. The van der Waals surface area contributed by atoms with Crippen LogP contribution in [-0.4, -0.2) is 55.0 Å². The van der Waals surface area contributed by atoms with Gasteiger partial charge >= 0.3 is 12.2 Å². The van der Waals surface area contributed by atoms with Gasteiger partial charge in [-0.1, -0.05) is 0 Å². The Hall–Kier alpha value is -1.50. The third-order valence-corrected chi connectivity index (χ3v) is 2.61. The van der Waals surface area contributed by atoms with E-state index in [0.717, 1.165) is 13.0 Å². The fourth-order valence-corrected chi connectivity index (χ4v) is 1.89. The van der Waals surface area contributed by atoms with Crippen LogP contribution in [0.15, 0.2) is 0 Å². The molecule has 1 heterocycles. The highest BCUT2D eigenvalue weighted by atomic mass is 16.6. The summed E-state index contributed by atoms with van der Waals surface area (Å²) in [5, 5.41) is 2.69. The molecular weight excluding hydrogens is 250 g/mol. The van der Waals surface area contributed by atoms with Crippen LogP contribution in [0.3, 0.4) is 0 Å². The van der Waals surface area contributed by atoms with E-state index in [2.05, 4.69) is 10.2 Å². The van der Waals surface area contributed by atoms with Gasteiger partial charge in [-0.05, 0) is 27.2 Å². The standard InChI is InChI=1S/C12H23N3O4/c1-12(2,3)19-11(17)14-5-7-15-6-4-9(8-15)18-10(13)16/h9H,4-8H2,1-3H3,(H2,13,16)(H,14,17). The Morgan fingerprint density at radius 3 is 2.68 bits per heavy atom. The largest absolute Gasteiger partial charge is 0.445 e. The maximum Gasteiger partial charge on any atom is 0.407 e. The van der Waals surface area contributed by atoms with E-state index in [-0.39, 0.29) is 6.10 Å². The van der Waals surface area contributed by atoms with Crippen molar-refractivity contribution < 1.29 is 19.1 Å². The smallest absolute Gasteiger partial charge is 0.407 e. The Morgan fingerprint density at radius 1 is 1.42 bits per heavy atom. The molecule has 3 N–H and O–H groups in total. The van der Waals surface area contributed by atoms with Crippen molar-refractivity contribution in [2.45, 2.75) is 38.9 Å². The zero-order valence-electron chi connectivity index (χ0n) is 11.8. The van der Waals surface area contributed by atoms with Gasteiger partial charge in [-0.25, -0.2) is 9.59 Å². The van der Waals surface area contributed by atoms with Gasteiger partial charge in [0.2, 0.25) is 0 Å². The first-order valence-corrected chi connectivity index (χ1v) is 6.41. The molecule has 0 radical (unpaired) electrons. The van der Waals surface area contributed by atoms with Gasteiger partial charge in [0, 0.05) is 26.2 Å². The molecule has 1 rings (SSSR count). The fraction of sp³-hybridized carbons (Fsp3) is 0.833. The Labute approximate surface area is 113 Å². The van der Waals surface area contributed by atoms with Crippen molar-refractivity contribution in [3.63, 3.8) is 0 Å². The van der Waals surface area contributed by atoms with Gasteiger partial charge in [0.25, 0.3) is 0 Å². The summed E-state index contributed by atoms with van der Waals surface area (Å²) < 4.78 is 10.0. The third kappa shape index (κ3) is 6.85. The van der Waals surface area contributed by atoms with Gasteiger partial charge in [0.15, 0.2) is 0 Å². The number of ether oxygens (including phenoxy) is 2. The first kappa shape index (κ1) is 15.6. The van der Waals surface area contributed by atoms with E-state index in [1.54, 1.807) is 0 Å². The first-order valence-electron chi connectivity index (χ1n) is 6.41. The molecule has 1 aliphatic heterocycles. The summed E-state index contributed by atoms with van der Waals surface area (Å²) in [5.74, 6) is 0. The normalized spacial score (nSPS) is 20.1. The number of carbonyl (C=O) groups is 2. The molecule has 2 amide bonds. The Balaban J connectivity index is 2.14. The minimum absolute atomic E-state index is 0.140. The summed E-state index contributed by atoms with van der Waals surface area (Å²) in [4.78, 5) is 24.1. The van der Waals surface area contributed by atoms with Crippen LogP contribution in [0.5, 0.6) is 0 Å². The average Bonchev–Trinajstić information content (AvgIpc) is 2.61. The number of nitrogens with one attached hydrogen (secondary N) is 1. The van der Waals surface area contributed by atoms with Crippen molar-refractivity contribution in [3.8, 4) is 0 Å². The monoisotopic (exact) mass is 273 g/mol. The van der Waals surface area contributed by atoms with E-state index in [1.807, 2.05) is 20.8 Å². The quantitative estimate of drug-likeness (QED) is 0.785. The lowest BCUT2D eigenvalue weighted by Crippen LogP contribution is -2.37. The summed E-state index contributed by atoms with van der Waals surface area (Å²) in [6, 6.07) is 0. The average molecular weight is 273 g/mol. The van der Waals surface area contributed by atoms with E-state index in [1.165, 1.54) is 0 Å². The predicted octanol–water partition coefficient (Wildman–Crippen LogP) is 0.681. The minimum Gasteiger partial charge on any atom is -0.445 e. The number of rotatable bonds is 4. The summed E-state index contributed by atoms with van der Waals surface area (Å²) in [7, 11) is 0. The number of likely N-dealkylation sites (tertiary alicyclic amines) is 1. The second-order valence-electron chi connectivity index (χ2n) is 5.58. The van der Waals surface area contributed by atoms with Crippen molar-refractivity contribution in [3.05, 3.63) is 0 Å². The molecule has 7 nitrogen and oxygen atoms in total. The van der Waals surface area contributed by atoms with Gasteiger partial charge in [-0.15, -0.1) is 0 Å². The van der Waals surface area contributed by atoms with Crippen LogP contribution in [-0.2, 0) is 9.47 Å². The molecule has 0 aromatic rings. The maximum atomic E-state index is 11.4. The maximum absolute atomic E-state index is 11.4. The minimum atomic E-state index is -0.737. The topological polar surface area (TPSA) is 93.9 Å². The van der Waals surface area contributed by atoms with Crippen molar-refractivity contribution in [2.75, 3.05) is 26.2 Å². The summed E-state index contributed by atoms with van der Waals surface area (Å²) >= 11 is 0. The molecule has 0 saturated carbocycles. The molecule has 0 bridgehead atoms. The number of nitrogens with zero attached hydrogens (tertiary/aromatic N) is 1. The van der Waals surface area contributed by atoms with Crippen LogP contribution in [0.4, 0.5) is 9.59 Å². The highest BCUT2D eigenvalue weighted by molar-refractivity contribution is 5.67. The lowest BCUT2D eigenvalue weighted by Gasteiger charge is -2.20. The number of amides is 2. The SMILES string of the molecule is CC(C)(C)OC(=O)NCCN1CCC(OC(N)=O)C1. The van der Waals surface area contributed by atoms with Crippen LogP contribution in [0.2, 0.25) is 0 Å². The van der Waals surface area contributed by atoms with E-state index in [0.29, 0.717) is 19.6 Å². The summed E-state index contributed by atoms with van der Waals surface area (Å²) in [6.07, 6.45) is -0.524. The highest BCUT2D eigenvalue weighted by Gasteiger charge is 2.24. The second kappa shape index (κ2) is 6.60. The number of alkyl carbamates (subject to hydrolysis) is 1. The van der Waals surface area contributed by atoms with Gasteiger partial charge in [0.05, 0.1) is 0 Å². The lowest BCUT2D eigenvalue weighted by molar-refractivity contribution is 0.0523. The molecule has 0 aromatic heterocycles. The highest BCUT2D eigenvalue weighted by Crippen LogP contribution is 2.11. The van der Waals surface area contributed by atoms with Crippen LogP contribution in [0, 0.1) is 0 Å². The van der Waals surface area contributed by atoms with Gasteiger partial charge in [-0.2, -0.15) is 0 Å². The molecule has 19 heavy (non-hydrogen) atoms. The number of hydrogen-bond donors (Lipinski definition) is 2. The molecule has 1 unspecified atom stereocenters. The number of hydrogen-bond acceptors (Lipinski definition) is 5. The molecule has 7 heteroatoms. The van der Waals surface area contributed by atoms with E-state index in [4.69, 9.17) is 15.2 Å². The van der Waals surface area contributed by atoms with Crippen molar-refractivity contribution >= 4 is 12.2 Å². The van der Waals surface area contributed by atoms with Gasteiger partial charge in [0.1, 0.15) is 11.7 Å². The Morgan fingerprint density at radius 2 is 2.11 bits per heavy atom. The van der Waals surface area contributed by atoms with Gasteiger partial charge < -0.3 is 20.5 Å². The molecule has 1 atom stereocenters. The van der Waals surface area contributed by atoms with E-state index < -0.39 is 17.8 Å². The molecule has 0 spiro atoms. The van der Waals surface area contributed by atoms with Crippen molar-refractivity contribution in [2.24, 2.45) is 5.73 Å². The number of primary amides is 1. The molecule has 0 aromatic carbocycles. The Kier molecular flexibility index (Phi) is 5.41. The van der Waals surface area contributed by atoms with E-state index >= 15 is 0 Å². The molecule has 1 saturated heterocycles. The van der Waals surface area contributed by atoms with E-state index in [9.17, 15) is 9.59 Å². The fourth-order valence-electron chi connectivity index (χ4n) is 1.89. The van der Waals surface area contributed by atoms with Crippen molar-refractivity contribution in [1.29, 1.82) is 0 Å². The molecule has 1 aliphatic rings. The van der Waals surface area contributed by atoms with Crippen molar-refractivity contribution in [1.82, 2.24) is 10.2 Å². The number of carbonyl (C=O) groups excluding carboxylic acids is 2. The third-order valence-electron chi connectivity index (χ3n) is 2.61. The molecular formula is C12H23N3O4. The van der Waals surface area contributed by atoms with Crippen LogP contribution in [0.1, 0.15) is 27.2 Å². The summed E-state index contributed by atoms with van der Waals surface area (Å²) in [5.41, 5.74) is 4.48.